The first-order valence-electron chi connectivity index (χ1n) is 7.14. The Morgan fingerprint density at radius 1 is 1.67 bits per heavy atom. The molecule has 5 nitrogen and oxygen atoms in total. The van der Waals surface area contributed by atoms with Crippen molar-refractivity contribution in [1.29, 1.82) is 0 Å². The molecule has 3 N–H and O–H groups in total. The highest BCUT2D eigenvalue weighted by atomic mass is 32.1. The normalized spacial score (nSPS) is 20.6. The fraction of sp³-hybridized carbons (Fsp3) is 0.467. The van der Waals surface area contributed by atoms with Gasteiger partial charge in [-0.15, -0.1) is 11.3 Å². The molecule has 2 unspecified atom stereocenters. The summed E-state index contributed by atoms with van der Waals surface area (Å²) in [5, 5.41) is 22.3. The van der Waals surface area contributed by atoms with E-state index in [2.05, 4.69) is 15.5 Å². The number of nitrogens with zero attached hydrogens (tertiary/aromatic N) is 1. The molecule has 3 rings (SSSR count). The zero-order valence-corrected chi connectivity index (χ0v) is 12.7. The van der Waals surface area contributed by atoms with Crippen LogP contribution in [-0.4, -0.2) is 27.8 Å². The molecule has 2 atom stereocenters. The van der Waals surface area contributed by atoms with Gasteiger partial charge in [-0.25, -0.2) is 0 Å². The Balaban J connectivity index is 1.66. The quantitative estimate of drug-likeness (QED) is 0.807. The summed E-state index contributed by atoms with van der Waals surface area (Å²) in [7, 11) is 0. The van der Waals surface area contributed by atoms with Crippen LogP contribution in [0.25, 0.3) is 0 Å². The summed E-state index contributed by atoms with van der Waals surface area (Å²) >= 11 is 1.49. The van der Waals surface area contributed by atoms with E-state index in [9.17, 15) is 9.90 Å². The maximum atomic E-state index is 12.4. The van der Waals surface area contributed by atoms with Gasteiger partial charge in [0, 0.05) is 16.1 Å². The van der Waals surface area contributed by atoms with Crippen molar-refractivity contribution in [3.05, 3.63) is 39.8 Å². The van der Waals surface area contributed by atoms with Crippen LogP contribution in [0.3, 0.4) is 0 Å². The number of fused-ring (bicyclic) bond motifs is 1. The number of amides is 1. The zero-order chi connectivity index (χ0) is 14.9. The molecule has 0 bridgehead atoms. The summed E-state index contributed by atoms with van der Waals surface area (Å²) in [5.74, 6) is -0.194. The highest BCUT2D eigenvalue weighted by molar-refractivity contribution is 7.10. The molecule has 0 saturated carbocycles. The number of aromatic amines is 1. The van der Waals surface area contributed by atoms with Crippen molar-refractivity contribution in [2.45, 2.75) is 37.7 Å². The number of aryl methyl sites for hydroxylation is 1. The van der Waals surface area contributed by atoms with Crippen molar-refractivity contribution < 1.29 is 9.90 Å². The minimum Gasteiger partial charge on any atom is -0.383 e. The van der Waals surface area contributed by atoms with E-state index in [0.29, 0.717) is 0 Å². The van der Waals surface area contributed by atoms with Gasteiger partial charge in [-0.2, -0.15) is 5.10 Å². The standard InChI is InChI=1S/C15H19N3O2S/c1-15(20,13-6-3-7-21-13)9-16-14(19)10-4-2-5-12-11(10)8-17-18-12/h3,6-8,10,20H,2,4-5,9H2,1H3,(H,16,19)(H,17,18). The van der Waals surface area contributed by atoms with Crippen LogP contribution in [0.4, 0.5) is 0 Å². The second kappa shape index (κ2) is 5.61. The molecule has 0 radical (unpaired) electrons. The molecule has 0 aromatic carbocycles. The Labute approximate surface area is 127 Å². The summed E-state index contributed by atoms with van der Waals surface area (Å²) < 4.78 is 0. The first-order valence-corrected chi connectivity index (χ1v) is 8.02. The van der Waals surface area contributed by atoms with Crippen LogP contribution in [0.15, 0.2) is 23.7 Å². The number of aromatic nitrogens is 2. The van der Waals surface area contributed by atoms with Gasteiger partial charge >= 0.3 is 0 Å². The number of rotatable bonds is 4. The van der Waals surface area contributed by atoms with Gasteiger partial charge < -0.3 is 10.4 Å². The molecule has 0 fully saturated rings. The average Bonchev–Trinajstić information content (AvgIpc) is 3.14. The lowest BCUT2D eigenvalue weighted by molar-refractivity contribution is -0.124. The van der Waals surface area contributed by atoms with Crippen LogP contribution < -0.4 is 5.32 Å². The molecule has 21 heavy (non-hydrogen) atoms. The lowest BCUT2D eigenvalue weighted by Gasteiger charge is -2.25. The van der Waals surface area contributed by atoms with Crippen molar-refractivity contribution in [2.75, 3.05) is 6.54 Å². The van der Waals surface area contributed by atoms with E-state index in [1.54, 1.807) is 13.1 Å². The summed E-state index contributed by atoms with van der Waals surface area (Å²) in [6.07, 6.45) is 4.51. The summed E-state index contributed by atoms with van der Waals surface area (Å²) in [4.78, 5) is 13.3. The van der Waals surface area contributed by atoms with E-state index >= 15 is 0 Å². The molecular formula is C15H19N3O2S. The number of H-pyrrole nitrogens is 1. The van der Waals surface area contributed by atoms with Crippen LogP contribution in [0, 0.1) is 0 Å². The first kappa shape index (κ1) is 14.3. The van der Waals surface area contributed by atoms with Crippen LogP contribution in [0.1, 0.15) is 41.8 Å². The molecular weight excluding hydrogens is 286 g/mol. The van der Waals surface area contributed by atoms with Crippen molar-refractivity contribution in [1.82, 2.24) is 15.5 Å². The molecule has 2 heterocycles. The molecule has 6 heteroatoms. The number of nitrogens with one attached hydrogen (secondary N) is 2. The topological polar surface area (TPSA) is 78.0 Å². The molecule has 1 aliphatic carbocycles. The third-order valence-electron chi connectivity index (χ3n) is 4.02. The third-order valence-corrected chi connectivity index (χ3v) is 5.14. The van der Waals surface area contributed by atoms with Gasteiger partial charge in [0.05, 0.1) is 18.7 Å². The second-order valence-electron chi connectivity index (χ2n) is 5.72. The van der Waals surface area contributed by atoms with Gasteiger partial charge in [0.15, 0.2) is 0 Å². The van der Waals surface area contributed by atoms with Crippen molar-refractivity contribution in [2.24, 2.45) is 0 Å². The predicted molar refractivity (Wildman–Crippen MR) is 81.2 cm³/mol. The van der Waals surface area contributed by atoms with Gasteiger partial charge in [-0.05, 0) is 37.6 Å². The maximum Gasteiger partial charge on any atom is 0.227 e. The zero-order valence-electron chi connectivity index (χ0n) is 11.9. The minimum absolute atomic E-state index is 0.0332. The van der Waals surface area contributed by atoms with Gasteiger partial charge in [0.1, 0.15) is 5.60 Å². The van der Waals surface area contributed by atoms with Gasteiger partial charge in [0.25, 0.3) is 0 Å². The van der Waals surface area contributed by atoms with Crippen molar-refractivity contribution in [3.8, 4) is 0 Å². The number of carbonyl (C=O) groups is 1. The fourth-order valence-corrected chi connectivity index (χ4v) is 3.58. The lowest BCUT2D eigenvalue weighted by atomic mass is 9.86. The van der Waals surface area contributed by atoms with E-state index in [4.69, 9.17) is 0 Å². The Hall–Kier alpha value is -1.66. The molecule has 2 aromatic rings. The Kier molecular flexibility index (Phi) is 3.82. The molecule has 2 aromatic heterocycles. The Morgan fingerprint density at radius 2 is 2.52 bits per heavy atom. The SMILES string of the molecule is CC(O)(CNC(=O)C1CCCc2[nH]ncc21)c1cccs1. The summed E-state index contributed by atoms with van der Waals surface area (Å²) in [6.45, 7) is 1.94. The van der Waals surface area contributed by atoms with E-state index in [0.717, 1.165) is 35.4 Å². The van der Waals surface area contributed by atoms with Crippen LogP contribution in [-0.2, 0) is 16.8 Å². The van der Waals surface area contributed by atoms with E-state index in [-0.39, 0.29) is 18.4 Å². The average molecular weight is 305 g/mol. The highest BCUT2D eigenvalue weighted by Crippen LogP contribution is 2.31. The Bertz CT molecular complexity index is 619. The number of thiophene rings is 1. The van der Waals surface area contributed by atoms with Gasteiger partial charge in [-0.3, -0.25) is 9.89 Å². The van der Waals surface area contributed by atoms with E-state index in [1.165, 1.54) is 11.3 Å². The monoisotopic (exact) mass is 305 g/mol. The molecule has 1 aliphatic rings. The number of carbonyl (C=O) groups excluding carboxylic acids is 1. The fourth-order valence-electron chi connectivity index (χ4n) is 2.79. The Morgan fingerprint density at radius 3 is 3.29 bits per heavy atom. The third kappa shape index (κ3) is 2.87. The van der Waals surface area contributed by atoms with Crippen LogP contribution >= 0.6 is 11.3 Å². The molecule has 1 amide bonds. The van der Waals surface area contributed by atoms with Crippen LogP contribution in [0.2, 0.25) is 0 Å². The largest absolute Gasteiger partial charge is 0.383 e. The number of aliphatic hydroxyl groups is 1. The summed E-state index contributed by atoms with van der Waals surface area (Å²) in [5.41, 5.74) is 1.03. The van der Waals surface area contributed by atoms with Gasteiger partial charge in [0.2, 0.25) is 5.91 Å². The first-order chi connectivity index (χ1) is 10.1. The molecule has 0 spiro atoms. The lowest BCUT2D eigenvalue weighted by Crippen LogP contribution is -2.40. The number of hydrogen-bond donors (Lipinski definition) is 3. The summed E-state index contributed by atoms with van der Waals surface area (Å²) in [6, 6.07) is 3.78. The van der Waals surface area contributed by atoms with Gasteiger partial charge in [-0.1, -0.05) is 6.07 Å². The second-order valence-corrected chi connectivity index (χ2v) is 6.67. The van der Waals surface area contributed by atoms with Crippen LogP contribution in [0.5, 0.6) is 0 Å². The van der Waals surface area contributed by atoms with Crippen molar-refractivity contribution in [3.63, 3.8) is 0 Å². The van der Waals surface area contributed by atoms with E-state index < -0.39 is 5.60 Å². The maximum absolute atomic E-state index is 12.4. The molecule has 0 saturated heterocycles. The minimum atomic E-state index is -1.03. The highest BCUT2D eigenvalue weighted by Gasteiger charge is 2.30. The van der Waals surface area contributed by atoms with E-state index in [1.807, 2.05) is 17.5 Å². The number of hydrogen-bond acceptors (Lipinski definition) is 4. The molecule has 0 aliphatic heterocycles. The predicted octanol–water partition coefficient (Wildman–Crippen LogP) is 1.91. The van der Waals surface area contributed by atoms with Crippen molar-refractivity contribution >= 4 is 17.2 Å². The smallest absolute Gasteiger partial charge is 0.227 e. The molecule has 112 valence electrons.